The van der Waals surface area contributed by atoms with Crippen LogP contribution in [0.2, 0.25) is 0 Å². The number of pyridine rings is 1. The van der Waals surface area contributed by atoms with Crippen molar-refractivity contribution in [2.75, 3.05) is 11.4 Å². The van der Waals surface area contributed by atoms with Gasteiger partial charge in [-0.15, -0.1) is 0 Å². The Morgan fingerprint density at radius 1 is 1.50 bits per heavy atom. The van der Waals surface area contributed by atoms with Crippen molar-refractivity contribution in [2.45, 2.75) is 38.8 Å². The van der Waals surface area contributed by atoms with Crippen molar-refractivity contribution >= 4 is 11.7 Å². The molecule has 1 amide bonds. The maximum atomic E-state index is 11.3. The predicted molar refractivity (Wildman–Crippen MR) is 71.5 cm³/mol. The summed E-state index contributed by atoms with van der Waals surface area (Å²) >= 11 is 0. The summed E-state index contributed by atoms with van der Waals surface area (Å²) in [6, 6.07) is 4.08. The standard InChI is InChI=1S/C13H20N4O/c1-8-5-10(13(15)18)7-12(16-8)17-4-3-11(14)6-9(17)2/h5,7,9,11H,3-4,6,14H2,1-2H3,(H2,15,18). The van der Waals surface area contributed by atoms with Crippen LogP contribution in [-0.2, 0) is 0 Å². The van der Waals surface area contributed by atoms with Crippen molar-refractivity contribution in [3.05, 3.63) is 23.4 Å². The minimum absolute atomic E-state index is 0.261. The van der Waals surface area contributed by atoms with Crippen molar-refractivity contribution in [3.63, 3.8) is 0 Å². The molecule has 1 aliphatic heterocycles. The smallest absolute Gasteiger partial charge is 0.248 e. The molecular weight excluding hydrogens is 228 g/mol. The largest absolute Gasteiger partial charge is 0.366 e. The Morgan fingerprint density at radius 3 is 2.83 bits per heavy atom. The highest BCUT2D eigenvalue weighted by molar-refractivity contribution is 5.93. The van der Waals surface area contributed by atoms with Crippen molar-refractivity contribution in [1.82, 2.24) is 4.98 Å². The van der Waals surface area contributed by atoms with Gasteiger partial charge in [-0.2, -0.15) is 0 Å². The lowest BCUT2D eigenvalue weighted by atomic mass is 9.99. The van der Waals surface area contributed by atoms with Crippen LogP contribution in [0.3, 0.4) is 0 Å². The van der Waals surface area contributed by atoms with Gasteiger partial charge in [0.15, 0.2) is 0 Å². The molecule has 18 heavy (non-hydrogen) atoms. The van der Waals surface area contributed by atoms with E-state index in [1.165, 1.54) is 0 Å². The lowest BCUT2D eigenvalue weighted by Gasteiger charge is -2.37. The van der Waals surface area contributed by atoms with E-state index in [1.54, 1.807) is 12.1 Å². The van der Waals surface area contributed by atoms with Gasteiger partial charge in [-0.05, 0) is 38.8 Å². The van der Waals surface area contributed by atoms with Crippen LogP contribution in [0, 0.1) is 6.92 Å². The molecule has 2 rings (SSSR count). The number of hydrogen-bond acceptors (Lipinski definition) is 4. The fourth-order valence-electron chi connectivity index (χ4n) is 2.49. The number of aromatic nitrogens is 1. The van der Waals surface area contributed by atoms with E-state index in [0.29, 0.717) is 11.6 Å². The summed E-state index contributed by atoms with van der Waals surface area (Å²) in [5, 5.41) is 0. The van der Waals surface area contributed by atoms with E-state index in [0.717, 1.165) is 30.9 Å². The first kappa shape index (κ1) is 12.8. The summed E-state index contributed by atoms with van der Waals surface area (Å²) in [4.78, 5) is 18.0. The molecule has 0 radical (unpaired) electrons. The molecule has 0 spiro atoms. The third-order valence-electron chi connectivity index (χ3n) is 3.44. The number of rotatable bonds is 2. The number of carbonyl (C=O) groups is 1. The zero-order valence-corrected chi connectivity index (χ0v) is 10.9. The average Bonchev–Trinajstić information content (AvgIpc) is 2.27. The molecule has 0 saturated carbocycles. The maximum absolute atomic E-state index is 11.3. The maximum Gasteiger partial charge on any atom is 0.248 e. The molecule has 4 N–H and O–H groups in total. The number of piperidine rings is 1. The molecule has 5 heteroatoms. The van der Waals surface area contributed by atoms with Gasteiger partial charge in [0.25, 0.3) is 0 Å². The molecule has 2 unspecified atom stereocenters. The SMILES string of the molecule is Cc1cc(C(N)=O)cc(N2CCC(N)CC2C)n1. The highest BCUT2D eigenvalue weighted by Gasteiger charge is 2.24. The zero-order valence-electron chi connectivity index (χ0n) is 10.9. The zero-order chi connectivity index (χ0) is 13.3. The van der Waals surface area contributed by atoms with Crippen molar-refractivity contribution in [1.29, 1.82) is 0 Å². The van der Waals surface area contributed by atoms with Gasteiger partial charge in [-0.1, -0.05) is 0 Å². The Morgan fingerprint density at radius 2 is 2.22 bits per heavy atom. The summed E-state index contributed by atoms with van der Waals surface area (Å²) in [6.45, 7) is 4.88. The second-order valence-electron chi connectivity index (χ2n) is 5.05. The molecule has 2 atom stereocenters. The Bertz CT molecular complexity index is 460. The predicted octanol–water partition coefficient (Wildman–Crippen LogP) is 0.805. The van der Waals surface area contributed by atoms with E-state index in [4.69, 9.17) is 11.5 Å². The third kappa shape index (κ3) is 2.61. The van der Waals surface area contributed by atoms with Gasteiger partial charge in [0.2, 0.25) is 5.91 Å². The minimum Gasteiger partial charge on any atom is -0.366 e. The Labute approximate surface area is 107 Å². The van der Waals surface area contributed by atoms with E-state index in [1.807, 2.05) is 6.92 Å². The molecule has 1 aromatic heterocycles. The van der Waals surface area contributed by atoms with Crippen molar-refractivity contribution in [3.8, 4) is 0 Å². The Balaban J connectivity index is 2.30. The van der Waals surface area contributed by atoms with Crippen LogP contribution in [0.25, 0.3) is 0 Å². The van der Waals surface area contributed by atoms with E-state index in [-0.39, 0.29) is 6.04 Å². The number of hydrogen-bond donors (Lipinski definition) is 2. The number of nitrogens with two attached hydrogens (primary N) is 2. The number of primary amides is 1. The first-order valence-corrected chi connectivity index (χ1v) is 6.28. The van der Waals surface area contributed by atoms with Gasteiger partial charge < -0.3 is 16.4 Å². The van der Waals surface area contributed by atoms with Crippen LogP contribution >= 0.6 is 0 Å². The summed E-state index contributed by atoms with van der Waals surface area (Å²) in [6.07, 6.45) is 1.90. The lowest BCUT2D eigenvalue weighted by Crippen LogP contribution is -2.46. The Hall–Kier alpha value is -1.62. The van der Waals surface area contributed by atoms with Gasteiger partial charge in [0.1, 0.15) is 5.82 Å². The third-order valence-corrected chi connectivity index (χ3v) is 3.44. The van der Waals surface area contributed by atoms with E-state index < -0.39 is 5.91 Å². The number of aryl methyl sites for hydroxylation is 1. The van der Waals surface area contributed by atoms with Crippen LogP contribution < -0.4 is 16.4 Å². The van der Waals surface area contributed by atoms with E-state index in [9.17, 15) is 4.79 Å². The molecule has 5 nitrogen and oxygen atoms in total. The number of amides is 1. The fourth-order valence-corrected chi connectivity index (χ4v) is 2.49. The van der Waals surface area contributed by atoms with Gasteiger partial charge in [-0.25, -0.2) is 4.98 Å². The van der Waals surface area contributed by atoms with Crippen LogP contribution in [0.15, 0.2) is 12.1 Å². The van der Waals surface area contributed by atoms with Crippen LogP contribution in [0.4, 0.5) is 5.82 Å². The summed E-state index contributed by atoms with van der Waals surface area (Å²) < 4.78 is 0. The van der Waals surface area contributed by atoms with Crippen LogP contribution in [-0.4, -0.2) is 29.5 Å². The quantitative estimate of drug-likeness (QED) is 0.811. The average molecular weight is 248 g/mol. The molecule has 1 saturated heterocycles. The number of nitrogens with zero attached hydrogens (tertiary/aromatic N) is 2. The van der Waals surface area contributed by atoms with Gasteiger partial charge >= 0.3 is 0 Å². The molecule has 1 aromatic rings. The van der Waals surface area contributed by atoms with Crippen molar-refractivity contribution < 1.29 is 4.79 Å². The fraction of sp³-hybridized carbons (Fsp3) is 0.538. The molecule has 0 aromatic carbocycles. The molecule has 0 bridgehead atoms. The second-order valence-corrected chi connectivity index (χ2v) is 5.05. The van der Waals surface area contributed by atoms with Crippen LogP contribution in [0.5, 0.6) is 0 Å². The summed E-state index contributed by atoms with van der Waals surface area (Å²) in [5.74, 6) is 0.409. The lowest BCUT2D eigenvalue weighted by molar-refractivity contribution is 0.1000. The minimum atomic E-state index is -0.414. The van der Waals surface area contributed by atoms with Crippen molar-refractivity contribution in [2.24, 2.45) is 11.5 Å². The molecule has 2 heterocycles. The van der Waals surface area contributed by atoms with E-state index in [2.05, 4.69) is 16.8 Å². The summed E-state index contributed by atoms with van der Waals surface area (Å²) in [5.41, 5.74) is 12.6. The number of anilines is 1. The Kier molecular flexibility index (Phi) is 3.52. The molecule has 1 aliphatic rings. The normalized spacial score (nSPS) is 24.1. The number of carbonyl (C=O) groups excluding carboxylic acids is 1. The summed E-state index contributed by atoms with van der Waals surface area (Å²) in [7, 11) is 0. The van der Waals surface area contributed by atoms with Gasteiger partial charge in [0, 0.05) is 29.9 Å². The van der Waals surface area contributed by atoms with Gasteiger partial charge in [-0.3, -0.25) is 4.79 Å². The first-order valence-electron chi connectivity index (χ1n) is 6.28. The molecule has 0 aliphatic carbocycles. The first-order chi connectivity index (χ1) is 8.47. The monoisotopic (exact) mass is 248 g/mol. The molecule has 98 valence electrons. The van der Waals surface area contributed by atoms with Gasteiger partial charge in [0.05, 0.1) is 0 Å². The van der Waals surface area contributed by atoms with Crippen LogP contribution in [0.1, 0.15) is 35.8 Å². The highest BCUT2D eigenvalue weighted by atomic mass is 16.1. The molecular formula is C13H20N4O. The highest BCUT2D eigenvalue weighted by Crippen LogP contribution is 2.23. The second kappa shape index (κ2) is 4.94. The topological polar surface area (TPSA) is 85.2 Å². The van der Waals surface area contributed by atoms with E-state index >= 15 is 0 Å². The molecule has 1 fully saturated rings.